The summed E-state index contributed by atoms with van der Waals surface area (Å²) >= 11 is 0. The topological polar surface area (TPSA) is 73.1 Å². The summed E-state index contributed by atoms with van der Waals surface area (Å²) in [4.78, 5) is 23.3. The van der Waals surface area contributed by atoms with Gasteiger partial charge in [-0.25, -0.2) is 14.6 Å². The van der Waals surface area contributed by atoms with E-state index in [0.717, 1.165) is 11.5 Å². The molecule has 1 aliphatic heterocycles. The van der Waals surface area contributed by atoms with Crippen LogP contribution in [0, 0.1) is 13.8 Å². The summed E-state index contributed by atoms with van der Waals surface area (Å²) < 4.78 is 7.48. The SMILES string of the molecule is Cc1nc(C)n(-c2ccc(C(=O)N3C[C@@H](C)Oc4ncccc43)cc2)n1. The summed E-state index contributed by atoms with van der Waals surface area (Å²) in [5.74, 6) is 1.94. The number of amides is 1. The number of nitrogens with zero attached hydrogens (tertiary/aromatic N) is 5. The van der Waals surface area contributed by atoms with Crippen molar-refractivity contribution in [2.24, 2.45) is 0 Å². The fraction of sp³-hybridized carbons (Fsp3) is 0.263. The first-order chi connectivity index (χ1) is 12.5. The summed E-state index contributed by atoms with van der Waals surface area (Å²) in [6, 6.07) is 11.0. The number of hydrogen-bond acceptors (Lipinski definition) is 5. The van der Waals surface area contributed by atoms with E-state index in [0.29, 0.717) is 29.5 Å². The molecule has 7 nitrogen and oxygen atoms in total. The number of ether oxygens (including phenoxy) is 1. The fourth-order valence-corrected chi connectivity index (χ4v) is 3.12. The molecular formula is C19H19N5O2. The van der Waals surface area contributed by atoms with Crippen LogP contribution in [0.25, 0.3) is 5.69 Å². The zero-order chi connectivity index (χ0) is 18.3. The molecule has 0 N–H and O–H groups in total. The highest BCUT2D eigenvalue weighted by molar-refractivity contribution is 6.07. The maximum Gasteiger partial charge on any atom is 0.258 e. The van der Waals surface area contributed by atoms with Crippen molar-refractivity contribution in [3.63, 3.8) is 0 Å². The van der Waals surface area contributed by atoms with Gasteiger partial charge in [0.25, 0.3) is 5.91 Å². The first kappa shape index (κ1) is 16.3. The highest BCUT2D eigenvalue weighted by atomic mass is 16.5. The van der Waals surface area contributed by atoms with E-state index in [-0.39, 0.29) is 12.0 Å². The van der Waals surface area contributed by atoms with Crippen LogP contribution < -0.4 is 9.64 Å². The van der Waals surface area contributed by atoms with E-state index in [1.54, 1.807) is 21.8 Å². The van der Waals surface area contributed by atoms with Crippen LogP contribution in [-0.2, 0) is 0 Å². The lowest BCUT2D eigenvalue weighted by Crippen LogP contribution is -2.42. The molecule has 3 heterocycles. The third kappa shape index (κ3) is 2.81. The van der Waals surface area contributed by atoms with Gasteiger partial charge in [-0.05, 0) is 57.2 Å². The summed E-state index contributed by atoms with van der Waals surface area (Å²) in [6.07, 6.45) is 1.55. The van der Waals surface area contributed by atoms with Gasteiger partial charge < -0.3 is 4.74 Å². The van der Waals surface area contributed by atoms with E-state index in [9.17, 15) is 4.79 Å². The largest absolute Gasteiger partial charge is 0.471 e. The Bertz CT molecular complexity index is 964. The molecule has 0 fully saturated rings. The van der Waals surface area contributed by atoms with Gasteiger partial charge in [-0.3, -0.25) is 9.69 Å². The van der Waals surface area contributed by atoms with E-state index >= 15 is 0 Å². The lowest BCUT2D eigenvalue weighted by Gasteiger charge is -2.32. The van der Waals surface area contributed by atoms with E-state index in [2.05, 4.69) is 15.1 Å². The van der Waals surface area contributed by atoms with E-state index < -0.39 is 0 Å². The monoisotopic (exact) mass is 349 g/mol. The molecule has 1 amide bonds. The van der Waals surface area contributed by atoms with Gasteiger partial charge in [0.2, 0.25) is 5.88 Å². The van der Waals surface area contributed by atoms with Crippen LogP contribution in [-0.4, -0.2) is 38.3 Å². The molecule has 0 spiro atoms. The molecule has 0 aliphatic carbocycles. The highest BCUT2D eigenvalue weighted by Gasteiger charge is 2.29. The van der Waals surface area contributed by atoms with E-state index in [1.807, 2.05) is 51.1 Å². The predicted molar refractivity (Wildman–Crippen MR) is 96.8 cm³/mol. The van der Waals surface area contributed by atoms with E-state index in [1.165, 1.54) is 0 Å². The van der Waals surface area contributed by atoms with Crippen molar-refractivity contribution in [2.45, 2.75) is 26.9 Å². The Balaban J connectivity index is 1.64. The van der Waals surface area contributed by atoms with Crippen LogP contribution in [0.1, 0.15) is 28.9 Å². The molecule has 0 unspecified atom stereocenters. The van der Waals surface area contributed by atoms with Crippen molar-refractivity contribution in [3.05, 3.63) is 59.8 Å². The number of fused-ring (bicyclic) bond motifs is 1. The molecule has 0 bridgehead atoms. The zero-order valence-corrected chi connectivity index (χ0v) is 14.9. The van der Waals surface area contributed by atoms with Gasteiger partial charge >= 0.3 is 0 Å². The Labute approximate surface area is 151 Å². The standard InChI is InChI=1S/C19H19N5O2/c1-12-11-23(17-5-4-10-20-18(17)26-12)19(25)15-6-8-16(9-7-15)24-14(3)21-13(2)22-24/h4-10,12H,11H2,1-3H3/t12-/m1/s1. The normalized spacial score (nSPS) is 16.1. The molecule has 1 aliphatic rings. The number of rotatable bonds is 2. The van der Waals surface area contributed by atoms with Crippen LogP contribution in [0.15, 0.2) is 42.6 Å². The summed E-state index contributed by atoms with van der Waals surface area (Å²) in [5, 5.41) is 4.37. The molecule has 0 radical (unpaired) electrons. The molecule has 1 atom stereocenters. The number of carbonyl (C=O) groups excluding carboxylic acids is 1. The van der Waals surface area contributed by atoms with Crippen LogP contribution >= 0.6 is 0 Å². The fourth-order valence-electron chi connectivity index (χ4n) is 3.12. The number of pyridine rings is 1. The van der Waals surface area contributed by atoms with Crippen molar-refractivity contribution in [1.82, 2.24) is 19.7 Å². The Morgan fingerprint density at radius 3 is 2.65 bits per heavy atom. The van der Waals surface area contributed by atoms with Gasteiger partial charge in [-0.15, -0.1) is 0 Å². The minimum Gasteiger partial charge on any atom is -0.471 e. The van der Waals surface area contributed by atoms with Crippen molar-refractivity contribution >= 4 is 11.6 Å². The number of carbonyl (C=O) groups is 1. The lowest BCUT2D eigenvalue weighted by atomic mass is 10.1. The molecule has 0 saturated carbocycles. The van der Waals surface area contributed by atoms with Crippen LogP contribution in [0.5, 0.6) is 5.88 Å². The van der Waals surface area contributed by atoms with E-state index in [4.69, 9.17) is 4.74 Å². The quantitative estimate of drug-likeness (QED) is 0.711. The predicted octanol–water partition coefficient (Wildman–Crippen LogP) is 2.71. The minimum atomic E-state index is -0.110. The second-order valence-electron chi connectivity index (χ2n) is 6.34. The molecule has 0 saturated heterocycles. The van der Waals surface area contributed by atoms with Gasteiger partial charge in [-0.2, -0.15) is 5.10 Å². The van der Waals surface area contributed by atoms with Crippen molar-refractivity contribution in [1.29, 1.82) is 0 Å². The second kappa shape index (κ2) is 6.25. The van der Waals surface area contributed by atoms with Crippen LogP contribution in [0.3, 0.4) is 0 Å². The van der Waals surface area contributed by atoms with Crippen LogP contribution in [0.2, 0.25) is 0 Å². The van der Waals surface area contributed by atoms with Gasteiger partial charge in [0.1, 0.15) is 23.4 Å². The number of aryl methyl sites for hydroxylation is 2. The number of hydrogen-bond donors (Lipinski definition) is 0. The maximum absolute atomic E-state index is 13.0. The molecule has 3 aromatic rings. The summed E-state index contributed by atoms with van der Waals surface area (Å²) in [6.45, 7) is 6.17. The summed E-state index contributed by atoms with van der Waals surface area (Å²) in [5.41, 5.74) is 2.17. The number of aromatic nitrogens is 4. The smallest absolute Gasteiger partial charge is 0.258 e. The first-order valence-electron chi connectivity index (χ1n) is 8.47. The Morgan fingerprint density at radius 1 is 1.19 bits per heavy atom. The van der Waals surface area contributed by atoms with Gasteiger partial charge in [0.15, 0.2) is 0 Å². The maximum atomic E-state index is 13.0. The molecule has 2 aromatic heterocycles. The van der Waals surface area contributed by atoms with Crippen LogP contribution in [0.4, 0.5) is 5.69 Å². The van der Waals surface area contributed by atoms with Gasteiger partial charge in [-0.1, -0.05) is 0 Å². The summed E-state index contributed by atoms with van der Waals surface area (Å²) in [7, 11) is 0. The Morgan fingerprint density at radius 2 is 1.96 bits per heavy atom. The number of anilines is 1. The third-order valence-corrected chi connectivity index (χ3v) is 4.27. The van der Waals surface area contributed by atoms with Crippen molar-refractivity contribution in [3.8, 4) is 11.6 Å². The highest BCUT2D eigenvalue weighted by Crippen LogP contribution is 2.31. The van der Waals surface area contributed by atoms with Crippen molar-refractivity contribution in [2.75, 3.05) is 11.4 Å². The first-order valence-corrected chi connectivity index (χ1v) is 8.47. The molecule has 132 valence electrons. The number of benzene rings is 1. The molecule has 7 heteroatoms. The molecule has 26 heavy (non-hydrogen) atoms. The second-order valence-corrected chi connectivity index (χ2v) is 6.34. The molecule has 1 aromatic carbocycles. The third-order valence-electron chi connectivity index (χ3n) is 4.27. The average molecular weight is 349 g/mol. The Hall–Kier alpha value is -3.22. The van der Waals surface area contributed by atoms with Crippen molar-refractivity contribution < 1.29 is 9.53 Å². The molecule has 4 rings (SSSR count). The lowest BCUT2D eigenvalue weighted by molar-refractivity contribution is 0.0958. The average Bonchev–Trinajstić information content (AvgIpc) is 2.98. The zero-order valence-electron chi connectivity index (χ0n) is 14.9. The Kier molecular flexibility index (Phi) is 3.91. The molecular weight excluding hydrogens is 330 g/mol. The van der Waals surface area contributed by atoms with Gasteiger partial charge in [0, 0.05) is 11.8 Å². The van der Waals surface area contributed by atoms with Gasteiger partial charge in [0.05, 0.1) is 12.2 Å². The minimum absolute atomic E-state index is 0.0764.